The fraction of sp³-hybridized carbons (Fsp3) is 0.364. The van der Waals surface area contributed by atoms with Crippen molar-refractivity contribution in [1.82, 2.24) is 4.98 Å². The van der Waals surface area contributed by atoms with Crippen molar-refractivity contribution in [3.63, 3.8) is 0 Å². The number of hydrogen-bond acceptors (Lipinski definition) is 6. The molecule has 1 saturated carbocycles. The molecule has 1 aromatic heterocycles. The molecule has 172 valence electrons. The van der Waals surface area contributed by atoms with E-state index in [2.05, 4.69) is 4.98 Å². The number of alkyl halides is 3. The lowest BCUT2D eigenvalue weighted by atomic mass is 10.1. The Balaban J connectivity index is 1.80. The number of hydrogen-bond donors (Lipinski definition) is 0. The maximum atomic E-state index is 12.9. The van der Waals surface area contributed by atoms with Crippen LogP contribution in [0.1, 0.15) is 30.9 Å². The molecule has 1 aliphatic carbocycles. The van der Waals surface area contributed by atoms with Gasteiger partial charge in [-0.1, -0.05) is 11.6 Å². The Morgan fingerprint density at radius 2 is 2.03 bits per heavy atom. The van der Waals surface area contributed by atoms with Crippen molar-refractivity contribution >= 4 is 23.6 Å². The van der Waals surface area contributed by atoms with Gasteiger partial charge in [-0.25, -0.2) is 9.78 Å². The molecule has 1 aromatic carbocycles. The summed E-state index contributed by atoms with van der Waals surface area (Å²) in [7, 11) is 0. The zero-order valence-electron chi connectivity index (χ0n) is 17.2. The third-order valence-corrected chi connectivity index (χ3v) is 4.51. The Bertz CT molecular complexity index is 977. The van der Waals surface area contributed by atoms with Crippen LogP contribution < -0.4 is 9.47 Å². The van der Waals surface area contributed by atoms with Gasteiger partial charge in [-0.3, -0.25) is 0 Å². The SMILES string of the molecule is CCOC(=O)C=Cc1ccc(OCCOC2CC2)cc1Oc1ncc(C(F)(F)F)cc1Cl. The third kappa shape index (κ3) is 7.13. The van der Waals surface area contributed by atoms with E-state index in [1.807, 2.05) is 0 Å². The predicted molar refractivity (Wildman–Crippen MR) is 111 cm³/mol. The van der Waals surface area contributed by atoms with Crippen LogP contribution >= 0.6 is 11.6 Å². The molecule has 6 nitrogen and oxygen atoms in total. The standard InChI is InChI=1S/C22H21ClF3NO5/c1-2-29-20(28)8-4-14-3-5-17(31-10-9-30-16-6-7-16)12-19(14)32-21-18(23)11-15(13-27-21)22(24,25)26/h3-5,8,11-13,16H,2,6-7,9-10H2,1H3. The lowest BCUT2D eigenvalue weighted by Gasteiger charge is -2.13. The summed E-state index contributed by atoms with van der Waals surface area (Å²) in [6.07, 6.45) is 1.12. The number of rotatable bonds is 10. The van der Waals surface area contributed by atoms with Crippen LogP contribution in [0.2, 0.25) is 5.02 Å². The summed E-state index contributed by atoms with van der Waals surface area (Å²) in [6.45, 7) is 2.63. The van der Waals surface area contributed by atoms with E-state index in [0.717, 1.165) is 18.9 Å². The molecule has 32 heavy (non-hydrogen) atoms. The molecule has 0 aliphatic heterocycles. The average Bonchev–Trinajstić information content (AvgIpc) is 3.56. The molecule has 1 heterocycles. The van der Waals surface area contributed by atoms with E-state index in [-0.39, 0.29) is 23.3 Å². The van der Waals surface area contributed by atoms with Gasteiger partial charge in [-0.2, -0.15) is 13.2 Å². The molecule has 0 bridgehead atoms. The topological polar surface area (TPSA) is 66.9 Å². The highest BCUT2D eigenvalue weighted by Crippen LogP contribution is 2.36. The van der Waals surface area contributed by atoms with Crippen LogP contribution in [0.15, 0.2) is 36.5 Å². The van der Waals surface area contributed by atoms with Crippen LogP contribution in [-0.2, 0) is 20.4 Å². The third-order valence-electron chi connectivity index (χ3n) is 4.24. The van der Waals surface area contributed by atoms with Gasteiger partial charge in [0.2, 0.25) is 5.88 Å². The Morgan fingerprint density at radius 3 is 2.69 bits per heavy atom. The summed E-state index contributed by atoms with van der Waals surface area (Å²) in [5.74, 6) is -0.155. The number of ether oxygens (including phenoxy) is 4. The van der Waals surface area contributed by atoms with E-state index in [9.17, 15) is 18.0 Å². The summed E-state index contributed by atoms with van der Waals surface area (Å²) in [6, 6.07) is 5.54. The second-order valence-electron chi connectivity index (χ2n) is 6.81. The highest BCUT2D eigenvalue weighted by Gasteiger charge is 2.32. The Labute approximate surface area is 187 Å². The van der Waals surface area contributed by atoms with Crippen LogP contribution in [0.4, 0.5) is 13.2 Å². The number of pyridine rings is 1. The summed E-state index contributed by atoms with van der Waals surface area (Å²) < 4.78 is 60.3. The summed E-state index contributed by atoms with van der Waals surface area (Å²) in [5.41, 5.74) is -0.553. The Morgan fingerprint density at radius 1 is 1.25 bits per heavy atom. The van der Waals surface area contributed by atoms with Gasteiger partial charge in [0.25, 0.3) is 0 Å². The summed E-state index contributed by atoms with van der Waals surface area (Å²) in [4.78, 5) is 15.3. The molecule has 0 unspecified atom stereocenters. The maximum absolute atomic E-state index is 12.9. The predicted octanol–water partition coefficient (Wildman–Crippen LogP) is 5.68. The first-order chi connectivity index (χ1) is 15.3. The Hall–Kier alpha value is -2.78. The second kappa shape index (κ2) is 10.7. The molecular weight excluding hydrogens is 451 g/mol. The lowest BCUT2D eigenvalue weighted by molar-refractivity contribution is -0.138. The van der Waals surface area contributed by atoms with Crippen LogP contribution in [0.3, 0.4) is 0 Å². The minimum Gasteiger partial charge on any atom is -0.491 e. The van der Waals surface area contributed by atoms with E-state index in [1.165, 1.54) is 18.2 Å². The molecule has 0 spiro atoms. The van der Waals surface area contributed by atoms with Crippen molar-refractivity contribution in [3.8, 4) is 17.4 Å². The number of benzene rings is 1. The first-order valence-electron chi connectivity index (χ1n) is 9.90. The van der Waals surface area contributed by atoms with Crippen molar-refractivity contribution in [1.29, 1.82) is 0 Å². The van der Waals surface area contributed by atoms with Gasteiger partial charge in [-0.05, 0) is 44.0 Å². The fourth-order valence-electron chi connectivity index (χ4n) is 2.55. The summed E-state index contributed by atoms with van der Waals surface area (Å²) >= 11 is 5.96. The van der Waals surface area contributed by atoms with Crippen molar-refractivity contribution in [2.45, 2.75) is 32.0 Å². The van der Waals surface area contributed by atoms with Crippen LogP contribution in [0, 0.1) is 0 Å². The van der Waals surface area contributed by atoms with Gasteiger partial charge < -0.3 is 18.9 Å². The summed E-state index contributed by atoms with van der Waals surface area (Å²) in [5, 5.41) is -0.315. The molecular formula is C22H21ClF3NO5. The molecule has 0 radical (unpaired) electrons. The number of aromatic nitrogens is 1. The first kappa shape index (κ1) is 23.9. The van der Waals surface area contributed by atoms with E-state index >= 15 is 0 Å². The van der Waals surface area contributed by atoms with Gasteiger partial charge in [0, 0.05) is 23.9 Å². The normalized spacial score (nSPS) is 13.9. The molecule has 1 fully saturated rings. The molecule has 0 saturated heterocycles. The van der Waals surface area contributed by atoms with Crippen molar-refractivity contribution in [3.05, 3.63) is 52.7 Å². The number of carbonyl (C=O) groups excluding carboxylic acids is 1. The largest absolute Gasteiger partial charge is 0.491 e. The number of halogens is 4. The molecule has 2 aromatic rings. The molecule has 0 N–H and O–H groups in total. The van der Waals surface area contributed by atoms with Gasteiger partial charge in [0.15, 0.2) is 0 Å². The van der Waals surface area contributed by atoms with Gasteiger partial charge >= 0.3 is 12.1 Å². The molecule has 0 amide bonds. The Kier molecular flexibility index (Phi) is 7.98. The lowest BCUT2D eigenvalue weighted by Crippen LogP contribution is -2.08. The second-order valence-corrected chi connectivity index (χ2v) is 7.22. The number of esters is 1. The maximum Gasteiger partial charge on any atom is 0.417 e. The minimum absolute atomic E-state index is 0.181. The van der Waals surface area contributed by atoms with E-state index < -0.39 is 17.7 Å². The van der Waals surface area contributed by atoms with Gasteiger partial charge in [0.1, 0.15) is 23.1 Å². The molecule has 1 aliphatic rings. The number of nitrogens with zero attached hydrogens (tertiary/aromatic N) is 1. The smallest absolute Gasteiger partial charge is 0.417 e. The van der Waals surface area contributed by atoms with Crippen LogP contribution in [-0.4, -0.2) is 36.9 Å². The molecule has 0 atom stereocenters. The highest BCUT2D eigenvalue weighted by molar-refractivity contribution is 6.31. The van der Waals surface area contributed by atoms with Crippen LogP contribution in [0.25, 0.3) is 6.08 Å². The molecule has 3 rings (SSSR count). The first-order valence-corrected chi connectivity index (χ1v) is 10.3. The highest BCUT2D eigenvalue weighted by atomic mass is 35.5. The zero-order chi connectivity index (χ0) is 23.1. The van der Waals surface area contributed by atoms with Crippen molar-refractivity contribution in [2.24, 2.45) is 0 Å². The van der Waals surface area contributed by atoms with Crippen molar-refractivity contribution < 1.29 is 36.9 Å². The van der Waals surface area contributed by atoms with E-state index in [4.69, 9.17) is 30.5 Å². The average molecular weight is 472 g/mol. The van der Waals surface area contributed by atoms with Crippen molar-refractivity contribution in [2.75, 3.05) is 19.8 Å². The van der Waals surface area contributed by atoms with Gasteiger partial charge in [0.05, 0.1) is 24.9 Å². The fourth-order valence-corrected chi connectivity index (χ4v) is 2.75. The van der Waals surface area contributed by atoms with Crippen LogP contribution in [0.5, 0.6) is 17.4 Å². The zero-order valence-corrected chi connectivity index (χ0v) is 17.9. The minimum atomic E-state index is -4.58. The van der Waals surface area contributed by atoms with Gasteiger partial charge in [-0.15, -0.1) is 0 Å². The quantitative estimate of drug-likeness (QED) is 0.252. The number of carbonyl (C=O) groups is 1. The molecule has 10 heteroatoms. The van der Waals surface area contributed by atoms with E-state index in [0.29, 0.717) is 36.8 Å². The van der Waals surface area contributed by atoms with E-state index in [1.54, 1.807) is 19.1 Å². The monoisotopic (exact) mass is 471 g/mol.